The van der Waals surface area contributed by atoms with E-state index in [1.165, 1.54) is 12.8 Å². The van der Waals surface area contributed by atoms with Crippen molar-refractivity contribution in [3.05, 3.63) is 0 Å². The average molecular weight is 297 g/mol. The first-order valence-corrected chi connectivity index (χ1v) is 8.06. The molecule has 6 nitrogen and oxygen atoms in total. The van der Waals surface area contributed by atoms with Gasteiger partial charge in [0.15, 0.2) is 0 Å². The van der Waals surface area contributed by atoms with Gasteiger partial charge < -0.3 is 20.2 Å². The molecule has 0 bridgehead atoms. The number of amides is 2. The van der Waals surface area contributed by atoms with Crippen molar-refractivity contribution in [1.82, 2.24) is 15.1 Å². The SMILES string of the molecule is CCCC1(C(=O)O)CCN(C(=O)NCCN2CCCC2)C1. The average Bonchev–Trinajstić information content (AvgIpc) is 3.09. The molecule has 2 aliphatic heterocycles. The molecule has 1 atom stereocenters. The molecule has 2 N–H and O–H groups in total. The van der Waals surface area contributed by atoms with Crippen LogP contribution < -0.4 is 5.32 Å². The van der Waals surface area contributed by atoms with Crippen molar-refractivity contribution in [2.45, 2.75) is 39.0 Å². The van der Waals surface area contributed by atoms with E-state index < -0.39 is 11.4 Å². The van der Waals surface area contributed by atoms with E-state index in [9.17, 15) is 14.7 Å². The Balaban J connectivity index is 1.76. The Kier molecular flexibility index (Phi) is 5.45. The lowest BCUT2D eigenvalue weighted by Gasteiger charge is -2.24. The minimum absolute atomic E-state index is 0.117. The van der Waals surface area contributed by atoms with Crippen molar-refractivity contribution in [3.8, 4) is 0 Å². The fraction of sp³-hybridized carbons (Fsp3) is 0.867. The number of hydrogen-bond acceptors (Lipinski definition) is 3. The fourth-order valence-electron chi connectivity index (χ4n) is 3.45. The number of rotatable bonds is 6. The van der Waals surface area contributed by atoms with Crippen molar-refractivity contribution < 1.29 is 14.7 Å². The lowest BCUT2D eigenvalue weighted by Crippen LogP contribution is -2.43. The quantitative estimate of drug-likeness (QED) is 0.776. The van der Waals surface area contributed by atoms with E-state index in [0.717, 1.165) is 26.1 Å². The molecular formula is C15H27N3O3. The Morgan fingerprint density at radius 1 is 1.24 bits per heavy atom. The summed E-state index contributed by atoms with van der Waals surface area (Å²) in [6.07, 6.45) is 4.53. The van der Waals surface area contributed by atoms with E-state index in [1.54, 1.807) is 4.90 Å². The normalized spacial score (nSPS) is 26.2. The highest BCUT2D eigenvalue weighted by Crippen LogP contribution is 2.35. The second kappa shape index (κ2) is 7.11. The molecule has 2 fully saturated rings. The van der Waals surface area contributed by atoms with E-state index in [2.05, 4.69) is 10.2 Å². The Labute approximate surface area is 126 Å². The summed E-state index contributed by atoms with van der Waals surface area (Å²) in [5.41, 5.74) is -0.735. The van der Waals surface area contributed by atoms with Gasteiger partial charge in [-0.15, -0.1) is 0 Å². The molecule has 120 valence electrons. The topological polar surface area (TPSA) is 72.9 Å². The minimum atomic E-state index is -0.767. The zero-order valence-electron chi connectivity index (χ0n) is 12.9. The van der Waals surface area contributed by atoms with E-state index in [1.807, 2.05) is 6.92 Å². The van der Waals surface area contributed by atoms with Crippen LogP contribution in [-0.4, -0.2) is 66.2 Å². The molecule has 0 radical (unpaired) electrons. The highest BCUT2D eigenvalue weighted by atomic mass is 16.4. The van der Waals surface area contributed by atoms with Crippen LogP contribution in [0.1, 0.15) is 39.0 Å². The molecule has 0 saturated carbocycles. The van der Waals surface area contributed by atoms with Gasteiger partial charge in [0.05, 0.1) is 5.41 Å². The maximum atomic E-state index is 12.1. The number of urea groups is 1. The van der Waals surface area contributed by atoms with Crippen molar-refractivity contribution in [3.63, 3.8) is 0 Å². The van der Waals surface area contributed by atoms with E-state index in [0.29, 0.717) is 32.5 Å². The lowest BCUT2D eigenvalue weighted by atomic mass is 9.83. The number of aliphatic carboxylic acids is 1. The number of likely N-dealkylation sites (tertiary alicyclic amines) is 2. The third kappa shape index (κ3) is 3.87. The molecule has 6 heteroatoms. The van der Waals surface area contributed by atoms with Gasteiger partial charge in [0, 0.05) is 26.2 Å². The Morgan fingerprint density at radius 3 is 2.57 bits per heavy atom. The zero-order valence-corrected chi connectivity index (χ0v) is 12.9. The summed E-state index contributed by atoms with van der Waals surface area (Å²) in [6, 6.07) is -0.117. The molecule has 2 rings (SSSR count). The van der Waals surface area contributed by atoms with Crippen LogP contribution in [0.15, 0.2) is 0 Å². The van der Waals surface area contributed by atoms with Gasteiger partial charge in [0.1, 0.15) is 0 Å². The van der Waals surface area contributed by atoms with Gasteiger partial charge in [0.2, 0.25) is 0 Å². The molecule has 1 unspecified atom stereocenters. The standard InChI is InChI=1S/C15H27N3O3/c1-2-5-15(13(19)20)6-10-18(12-15)14(21)16-7-11-17-8-3-4-9-17/h2-12H2,1H3,(H,16,21)(H,19,20). The number of carbonyl (C=O) groups is 2. The number of nitrogens with zero attached hydrogens (tertiary/aromatic N) is 2. The lowest BCUT2D eigenvalue weighted by molar-refractivity contribution is -0.148. The number of carboxylic acid groups (broad SMARTS) is 1. The van der Waals surface area contributed by atoms with Gasteiger partial charge in [-0.1, -0.05) is 13.3 Å². The van der Waals surface area contributed by atoms with Crippen LogP contribution in [-0.2, 0) is 4.79 Å². The first kappa shape index (κ1) is 16.1. The van der Waals surface area contributed by atoms with Crippen LogP contribution in [0.25, 0.3) is 0 Å². The zero-order chi connectivity index (χ0) is 15.3. The number of carbonyl (C=O) groups excluding carboxylic acids is 1. The molecular weight excluding hydrogens is 270 g/mol. The van der Waals surface area contributed by atoms with Crippen molar-refractivity contribution in [2.24, 2.45) is 5.41 Å². The first-order chi connectivity index (χ1) is 10.1. The molecule has 21 heavy (non-hydrogen) atoms. The summed E-state index contributed by atoms with van der Waals surface area (Å²) in [6.45, 7) is 6.65. The van der Waals surface area contributed by atoms with Gasteiger partial charge >= 0.3 is 12.0 Å². The smallest absolute Gasteiger partial charge is 0.317 e. The largest absolute Gasteiger partial charge is 0.481 e. The second-order valence-corrected chi connectivity index (χ2v) is 6.29. The molecule has 2 aliphatic rings. The molecule has 2 amide bonds. The molecule has 0 spiro atoms. The van der Waals surface area contributed by atoms with Crippen LogP contribution in [0.3, 0.4) is 0 Å². The van der Waals surface area contributed by atoms with Gasteiger partial charge in [-0.05, 0) is 38.8 Å². The van der Waals surface area contributed by atoms with Gasteiger partial charge in [-0.25, -0.2) is 4.79 Å². The van der Waals surface area contributed by atoms with E-state index in [-0.39, 0.29) is 6.03 Å². The predicted octanol–water partition coefficient (Wildman–Crippen LogP) is 1.37. The van der Waals surface area contributed by atoms with Crippen LogP contribution in [0.4, 0.5) is 4.79 Å². The van der Waals surface area contributed by atoms with Gasteiger partial charge in [0.25, 0.3) is 0 Å². The second-order valence-electron chi connectivity index (χ2n) is 6.29. The fourth-order valence-corrected chi connectivity index (χ4v) is 3.45. The molecule has 2 heterocycles. The third-order valence-corrected chi connectivity index (χ3v) is 4.73. The van der Waals surface area contributed by atoms with Crippen molar-refractivity contribution in [2.75, 3.05) is 39.3 Å². The summed E-state index contributed by atoms with van der Waals surface area (Å²) in [4.78, 5) is 27.7. The minimum Gasteiger partial charge on any atom is -0.481 e. The third-order valence-electron chi connectivity index (χ3n) is 4.73. The maximum absolute atomic E-state index is 12.1. The van der Waals surface area contributed by atoms with Crippen molar-refractivity contribution >= 4 is 12.0 Å². The number of nitrogens with one attached hydrogen (secondary N) is 1. The van der Waals surface area contributed by atoms with E-state index >= 15 is 0 Å². The van der Waals surface area contributed by atoms with Crippen LogP contribution in [0, 0.1) is 5.41 Å². The molecule has 0 aromatic rings. The summed E-state index contributed by atoms with van der Waals surface area (Å²) in [5, 5.41) is 12.4. The number of carboxylic acids is 1. The highest BCUT2D eigenvalue weighted by molar-refractivity contribution is 5.79. The first-order valence-electron chi connectivity index (χ1n) is 8.06. The molecule has 0 aromatic heterocycles. The van der Waals surface area contributed by atoms with Crippen LogP contribution in [0.2, 0.25) is 0 Å². The van der Waals surface area contributed by atoms with Crippen LogP contribution in [0.5, 0.6) is 0 Å². The van der Waals surface area contributed by atoms with Crippen molar-refractivity contribution in [1.29, 1.82) is 0 Å². The Bertz CT molecular complexity index is 382. The van der Waals surface area contributed by atoms with Gasteiger partial charge in [-0.3, -0.25) is 4.79 Å². The monoisotopic (exact) mass is 297 g/mol. The maximum Gasteiger partial charge on any atom is 0.317 e. The van der Waals surface area contributed by atoms with Gasteiger partial charge in [-0.2, -0.15) is 0 Å². The molecule has 2 saturated heterocycles. The summed E-state index contributed by atoms with van der Waals surface area (Å²) < 4.78 is 0. The van der Waals surface area contributed by atoms with E-state index in [4.69, 9.17) is 0 Å². The molecule has 0 aromatic carbocycles. The Hall–Kier alpha value is -1.30. The summed E-state index contributed by atoms with van der Waals surface area (Å²) in [5.74, 6) is -0.767. The molecule has 0 aliphatic carbocycles. The Morgan fingerprint density at radius 2 is 1.95 bits per heavy atom. The summed E-state index contributed by atoms with van der Waals surface area (Å²) >= 11 is 0. The number of hydrogen-bond donors (Lipinski definition) is 2. The predicted molar refractivity (Wildman–Crippen MR) is 80.2 cm³/mol. The summed E-state index contributed by atoms with van der Waals surface area (Å²) in [7, 11) is 0. The highest BCUT2D eigenvalue weighted by Gasteiger charge is 2.45. The van der Waals surface area contributed by atoms with Crippen LogP contribution >= 0.6 is 0 Å².